The molecule has 0 radical (unpaired) electrons. The van der Waals surface area contributed by atoms with Crippen molar-refractivity contribution in [3.63, 3.8) is 0 Å². The van der Waals surface area contributed by atoms with E-state index in [2.05, 4.69) is 20.4 Å². The van der Waals surface area contributed by atoms with Crippen LogP contribution >= 0.6 is 0 Å². The summed E-state index contributed by atoms with van der Waals surface area (Å²) < 4.78 is 6.30. The number of likely N-dealkylation sites (tertiary alicyclic amines) is 1. The third kappa shape index (κ3) is 3.89. The molecule has 1 aliphatic carbocycles. The number of urea groups is 1. The van der Waals surface area contributed by atoms with E-state index in [4.69, 9.17) is 4.74 Å². The van der Waals surface area contributed by atoms with Gasteiger partial charge in [-0.15, -0.1) is 0 Å². The van der Waals surface area contributed by atoms with Gasteiger partial charge in [-0.25, -0.2) is 4.79 Å². The predicted molar refractivity (Wildman–Crippen MR) is 117 cm³/mol. The quantitative estimate of drug-likeness (QED) is 0.788. The number of fused-ring (bicyclic) bond motifs is 1. The standard InChI is InChI=1S/C23H31N5O3/c1-2-24-22(30)28(16-7-8-16)17-9-14-31-23(15-17)10-12-27(13-11-23)21(29)20-18-5-3-4-6-19(18)25-26-20/h3-6,16-17H,2,7-15H2,1H3,(H,24,30)(H,25,26). The second-order valence-corrected chi connectivity index (χ2v) is 9.06. The van der Waals surface area contributed by atoms with E-state index in [9.17, 15) is 9.59 Å². The van der Waals surface area contributed by atoms with Crippen molar-refractivity contribution in [3.05, 3.63) is 30.0 Å². The number of amides is 3. The maximum absolute atomic E-state index is 13.1. The molecular formula is C23H31N5O3. The Morgan fingerprint density at radius 3 is 2.74 bits per heavy atom. The molecule has 3 fully saturated rings. The van der Waals surface area contributed by atoms with Gasteiger partial charge in [0.1, 0.15) is 0 Å². The fraction of sp³-hybridized carbons (Fsp3) is 0.609. The van der Waals surface area contributed by atoms with Crippen LogP contribution in [0.25, 0.3) is 10.9 Å². The number of aromatic amines is 1. The van der Waals surface area contributed by atoms with Gasteiger partial charge in [0.25, 0.3) is 5.91 Å². The molecule has 3 amide bonds. The number of benzene rings is 1. The van der Waals surface area contributed by atoms with Gasteiger partial charge in [0, 0.05) is 43.7 Å². The van der Waals surface area contributed by atoms with Crippen LogP contribution in [0, 0.1) is 0 Å². The molecule has 0 bridgehead atoms. The summed E-state index contributed by atoms with van der Waals surface area (Å²) in [6.45, 7) is 4.58. The average Bonchev–Trinajstić information content (AvgIpc) is 3.51. The minimum atomic E-state index is -0.243. The zero-order chi connectivity index (χ0) is 21.4. The second kappa shape index (κ2) is 8.15. The smallest absolute Gasteiger partial charge is 0.317 e. The van der Waals surface area contributed by atoms with Gasteiger partial charge in [-0.3, -0.25) is 9.89 Å². The zero-order valence-electron chi connectivity index (χ0n) is 18.1. The van der Waals surface area contributed by atoms with Crippen LogP contribution in [0.4, 0.5) is 4.79 Å². The lowest BCUT2D eigenvalue weighted by molar-refractivity contribution is -0.126. The highest BCUT2D eigenvalue weighted by atomic mass is 16.5. The Bertz CT molecular complexity index is 961. The molecule has 2 aliphatic heterocycles. The number of aromatic nitrogens is 2. The number of piperidine rings is 1. The largest absolute Gasteiger partial charge is 0.375 e. The highest BCUT2D eigenvalue weighted by molar-refractivity contribution is 6.04. The molecule has 1 spiro atoms. The lowest BCUT2D eigenvalue weighted by atomic mass is 9.81. The third-order valence-electron chi connectivity index (χ3n) is 7.00. The van der Waals surface area contributed by atoms with Crippen LogP contribution in [-0.4, -0.2) is 75.9 Å². The van der Waals surface area contributed by atoms with Crippen LogP contribution in [0.15, 0.2) is 24.3 Å². The summed E-state index contributed by atoms with van der Waals surface area (Å²) >= 11 is 0. The minimum absolute atomic E-state index is 0.0263. The topological polar surface area (TPSA) is 90.6 Å². The van der Waals surface area contributed by atoms with E-state index in [0.717, 1.165) is 49.4 Å². The molecule has 2 aromatic rings. The van der Waals surface area contributed by atoms with Gasteiger partial charge >= 0.3 is 6.03 Å². The fourth-order valence-corrected chi connectivity index (χ4v) is 5.21. The molecular weight excluding hydrogens is 394 g/mol. The van der Waals surface area contributed by atoms with Crippen LogP contribution in [0.2, 0.25) is 0 Å². The molecule has 1 aromatic heterocycles. The number of carbonyl (C=O) groups excluding carboxylic acids is 2. The molecule has 31 heavy (non-hydrogen) atoms. The summed E-state index contributed by atoms with van der Waals surface area (Å²) in [5.41, 5.74) is 1.13. The molecule has 8 nitrogen and oxygen atoms in total. The normalized spacial score (nSPS) is 23.1. The molecule has 3 aliphatic rings. The van der Waals surface area contributed by atoms with Crippen molar-refractivity contribution in [1.82, 2.24) is 25.3 Å². The summed E-state index contributed by atoms with van der Waals surface area (Å²) in [6.07, 6.45) is 5.53. The van der Waals surface area contributed by atoms with Crippen LogP contribution in [-0.2, 0) is 4.74 Å². The first-order chi connectivity index (χ1) is 15.1. The Kier molecular flexibility index (Phi) is 5.33. The molecule has 1 unspecified atom stereocenters. The van der Waals surface area contributed by atoms with Gasteiger partial charge in [0.05, 0.1) is 11.1 Å². The first kappa shape index (κ1) is 20.3. The highest BCUT2D eigenvalue weighted by Gasteiger charge is 2.46. The number of hydrogen-bond acceptors (Lipinski definition) is 4. The van der Waals surface area contributed by atoms with Crippen molar-refractivity contribution in [2.45, 2.75) is 63.1 Å². The highest BCUT2D eigenvalue weighted by Crippen LogP contribution is 2.40. The van der Waals surface area contributed by atoms with Crippen LogP contribution in [0.1, 0.15) is 55.9 Å². The van der Waals surface area contributed by atoms with Crippen LogP contribution in [0.3, 0.4) is 0 Å². The van der Waals surface area contributed by atoms with E-state index in [1.54, 1.807) is 0 Å². The zero-order valence-corrected chi connectivity index (χ0v) is 18.1. The van der Waals surface area contributed by atoms with Crippen molar-refractivity contribution >= 4 is 22.8 Å². The van der Waals surface area contributed by atoms with E-state index in [1.807, 2.05) is 36.1 Å². The Morgan fingerprint density at radius 2 is 2.00 bits per heavy atom. The Hall–Kier alpha value is -2.61. The van der Waals surface area contributed by atoms with E-state index in [0.29, 0.717) is 38.0 Å². The average molecular weight is 426 g/mol. The third-order valence-corrected chi connectivity index (χ3v) is 7.00. The maximum Gasteiger partial charge on any atom is 0.317 e. The van der Waals surface area contributed by atoms with Crippen molar-refractivity contribution in [1.29, 1.82) is 0 Å². The lowest BCUT2D eigenvalue weighted by Crippen LogP contribution is -2.57. The molecule has 1 saturated carbocycles. The Labute approximate surface area is 182 Å². The molecule has 8 heteroatoms. The molecule has 2 saturated heterocycles. The van der Waals surface area contributed by atoms with Crippen LogP contribution < -0.4 is 5.32 Å². The number of H-pyrrole nitrogens is 1. The van der Waals surface area contributed by atoms with E-state index in [1.165, 1.54) is 0 Å². The molecule has 2 N–H and O–H groups in total. The van der Waals surface area contributed by atoms with Gasteiger partial charge < -0.3 is 19.9 Å². The summed E-state index contributed by atoms with van der Waals surface area (Å²) in [5.74, 6) is -0.0263. The summed E-state index contributed by atoms with van der Waals surface area (Å²) in [6, 6.07) is 8.37. The molecule has 1 atom stereocenters. The number of para-hydroxylation sites is 1. The number of ether oxygens (including phenoxy) is 1. The number of carbonyl (C=O) groups is 2. The fourth-order valence-electron chi connectivity index (χ4n) is 5.21. The van der Waals surface area contributed by atoms with Crippen LogP contribution in [0.5, 0.6) is 0 Å². The molecule has 3 heterocycles. The minimum Gasteiger partial charge on any atom is -0.375 e. The second-order valence-electron chi connectivity index (χ2n) is 9.06. The summed E-state index contributed by atoms with van der Waals surface area (Å²) in [4.78, 5) is 29.8. The lowest BCUT2D eigenvalue weighted by Gasteiger charge is -2.48. The SMILES string of the molecule is CCNC(=O)N(C1CC1)C1CCOC2(CCN(C(=O)c3n[nH]c4ccccc34)CC2)C1. The maximum atomic E-state index is 13.1. The molecule has 5 rings (SSSR count). The van der Waals surface area contributed by atoms with E-state index in [-0.39, 0.29) is 23.6 Å². The number of hydrogen-bond donors (Lipinski definition) is 2. The van der Waals surface area contributed by atoms with Crippen molar-refractivity contribution < 1.29 is 14.3 Å². The van der Waals surface area contributed by atoms with Gasteiger partial charge in [0.2, 0.25) is 0 Å². The molecule has 1 aromatic carbocycles. The van der Waals surface area contributed by atoms with Gasteiger partial charge in [-0.05, 0) is 51.5 Å². The molecule has 166 valence electrons. The van der Waals surface area contributed by atoms with Crippen molar-refractivity contribution in [2.75, 3.05) is 26.2 Å². The number of nitrogens with one attached hydrogen (secondary N) is 2. The monoisotopic (exact) mass is 425 g/mol. The van der Waals surface area contributed by atoms with Gasteiger partial charge in [-0.2, -0.15) is 5.10 Å². The summed E-state index contributed by atoms with van der Waals surface area (Å²) in [7, 11) is 0. The van der Waals surface area contributed by atoms with Crippen molar-refractivity contribution in [2.24, 2.45) is 0 Å². The van der Waals surface area contributed by atoms with E-state index >= 15 is 0 Å². The predicted octanol–water partition coefficient (Wildman–Crippen LogP) is 2.91. The van der Waals surface area contributed by atoms with Gasteiger partial charge in [-0.1, -0.05) is 18.2 Å². The first-order valence-corrected chi connectivity index (χ1v) is 11.5. The summed E-state index contributed by atoms with van der Waals surface area (Å²) in [5, 5.41) is 11.1. The van der Waals surface area contributed by atoms with Gasteiger partial charge in [0.15, 0.2) is 5.69 Å². The Balaban J connectivity index is 1.26. The number of rotatable bonds is 4. The number of nitrogens with zero attached hydrogens (tertiary/aromatic N) is 3. The first-order valence-electron chi connectivity index (χ1n) is 11.5. The van der Waals surface area contributed by atoms with E-state index < -0.39 is 0 Å². The van der Waals surface area contributed by atoms with Crippen molar-refractivity contribution in [3.8, 4) is 0 Å². The Morgan fingerprint density at radius 1 is 1.23 bits per heavy atom.